The largest absolute Gasteiger partial charge is 0.467 e. The summed E-state index contributed by atoms with van der Waals surface area (Å²) in [4.78, 5) is 30.5. The average Bonchev–Trinajstić information content (AvgIpc) is 3.48. The number of benzene rings is 2. The van der Waals surface area contributed by atoms with Crippen LogP contribution in [0.1, 0.15) is 11.5 Å². The zero-order valence-electron chi connectivity index (χ0n) is 17.1. The first-order valence-corrected chi connectivity index (χ1v) is 11.0. The third kappa shape index (κ3) is 4.00. The lowest BCUT2D eigenvalue weighted by Crippen LogP contribution is -2.24. The van der Waals surface area contributed by atoms with Crippen LogP contribution in [0.2, 0.25) is 0 Å². The van der Waals surface area contributed by atoms with Gasteiger partial charge in [0.2, 0.25) is 11.7 Å². The Morgan fingerprint density at radius 1 is 1.09 bits per heavy atom. The van der Waals surface area contributed by atoms with Crippen molar-refractivity contribution in [3.05, 3.63) is 88.8 Å². The van der Waals surface area contributed by atoms with Crippen LogP contribution in [0, 0.1) is 11.3 Å². The number of carbonyl (C=O) groups is 1. The smallest absolute Gasteiger partial charge is 0.262 e. The van der Waals surface area contributed by atoms with Crippen LogP contribution < -0.4 is 10.9 Å². The number of hydrogen-bond acceptors (Lipinski definition) is 7. The molecule has 0 aliphatic heterocycles. The van der Waals surface area contributed by atoms with E-state index in [4.69, 9.17) is 8.83 Å². The lowest BCUT2D eigenvalue weighted by atomic mass is 10.2. The van der Waals surface area contributed by atoms with Gasteiger partial charge in [-0.15, -0.1) is 0 Å². The van der Waals surface area contributed by atoms with E-state index in [0.29, 0.717) is 38.5 Å². The molecule has 0 unspecified atom stereocenters. The van der Waals surface area contributed by atoms with Gasteiger partial charge in [-0.05, 0) is 36.4 Å². The molecular weight excluding hydrogens is 440 g/mol. The number of fused-ring (bicyclic) bond motifs is 2. The fourth-order valence-electron chi connectivity index (χ4n) is 3.51. The van der Waals surface area contributed by atoms with Gasteiger partial charge in [-0.2, -0.15) is 5.26 Å². The Bertz CT molecular complexity index is 1580. The van der Waals surface area contributed by atoms with Crippen molar-refractivity contribution in [3.8, 4) is 6.07 Å². The van der Waals surface area contributed by atoms with Crippen LogP contribution in [0.25, 0.3) is 21.9 Å². The highest BCUT2D eigenvalue weighted by Crippen LogP contribution is 2.30. The second-order valence-corrected chi connectivity index (χ2v) is 8.08. The first kappa shape index (κ1) is 20.6. The Morgan fingerprint density at radius 3 is 2.67 bits per heavy atom. The fourth-order valence-corrected chi connectivity index (χ4v) is 4.31. The van der Waals surface area contributed by atoms with E-state index in [1.54, 1.807) is 60.7 Å². The molecule has 3 heterocycles. The van der Waals surface area contributed by atoms with Crippen LogP contribution in [0.4, 0.5) is 5.69 Å². The van der Waals surface area contributed by atoms with Gasteiger partial charge in [0, 0.05) is 5.39 Å². The summed E-state index contributed by atoms with van der Waals surface area (Å²) in [5.41, 5.74) is 1.18. The number of carbonyl (C=O) groups excluding carboxylic acids is 1. The van der Waals surface area contributed by atoms with E-state index >= 15 is 0 Å². The SMILES string of the molecule is N#Cc1oc2ccccc2c1NC(=O)CSc1nc2ccccc2c(=O)n1Cc1ccco1. The van der Waals surface area contributed by atoms with Gasteiger partial charge in [0.1, 0.15) is 23.1 Å². The predicted molar refractivity (Wildman–Crippen MR) is 124 cm³/mol. The van der Waals surface area contributed by atoms with E-state index in [1.165, 1.54) is 10.8 Å². The first-order valence-electron chi connectivity index (χ1n) is 10.0. The van der Waals surface area contributed by atoms with E-state index in [0.717, 1.165) is 11.8 Å². The monoisotopic (exact) mass is 456 g/mol. The van der Waals surface area contributed by atoms with Crippen LogP contribution in [-0.4, -0.2) is 21.2 Å². The van der Waals surface area contributed by atoms with Gasteiger partial charge in [0.15, 0.2) is 5.16 Å². The van der Waals surface area contributed by atoms with Crippen molar-refractivity contribution in [2.45, 2.75) is 11.7 Å². The summed E-state index contributed by atoms with van der Waals surface area (Å²) in [5.74, 6) is 0.264. The summed E-state index contributed by atoms with van der Waals surface area (Å²) >= 11 is 1.13. The number of thioether (sulfide) groups is 1. The summed E-state index contributed by atoms with van der Waals surface area (Å²) in [6, 6.07) is 19.7. The summed E-state index contributed by atoms with van der Waals surface area (Å²) < 4.78 is 12.4. The lowest BCUT2D eigenvalue weighted by Gasteiger charge is -2.12. The standard InChI is InChI=1S/C24H16N4O4S/c25-12-20-22(17-8-2-4-10-19(17)32-20)27-21(29)14-33-24-26-18-9-3-1-7-16(18)23(30)28(24)13-15-6-5-11-31-15/h1-11H,13-14H2,(H,27,29). The van der Waals surface area contributed by atoms with Gasteiger partial charge in [0.25, 0.3) is 5.56 Å². The van der Waals surface area contributed by atoms with Gasteiger partial charge in [-0.3, -0.25) is 14.2 Å². The number of hydrogen-bond donors (Lipinski definition) is 1. The molecule has 5 rings (SSSR count). The summed E-state index contributed by atoms with van der Waals surface area (Å²) in [7, 11) is 0. The summed E-state index contributed by atoms with van der Waals surface area (Å²) in [5, 5.41) is 13.7. The topological polar surface area (TPSA) is 114 Å². The predicted octanol–water partition coefficient (Wildman–Crippen LogP) is 4.39. The van der Waals surface area contributed by atoms with Crippen LogP contribution >= 0.6 is 11.8 Å². The minimum Gasteiger partial charge on any atom is -0.467 e. The van der Waals surface area contributed by atoms with E-state index in [9.17, 15) is 14.9 Å². The molecule has 0 saturated carbocycles. The number of amides is 1. The number of anilines is 1. The van der Waals surface area contributed by atoms with Crippen LogP contribution in [0.5, 0.6) is 0 Å². The lowest BCUT2D eigenvalue weighted by molar-refractivity contribution is -0.113. The number of furan rings is 2. The molecule has 0 spiro atoms. The number of nitriles is 1. The minimum atomic E-state index is -0.352. The molecule has 0 saturated heterocycles. The summed E-state index contributed by atoms with van der Waals surface area (Å²) in [6.07, 6.45) is 1.54. The zero-order chi connectivity index (χ0) is 22.8. The highest BCUT2D eigenvalue weighted by Gasteiger charge is 2.18. The molecule has 0 bridgehead atoms. The van der Waals surface area contributed by atoms with E-state index in [2.05, 4.69) is 10.3 Å². The van der Waals surface area contributed by atoms with Gasteiger partial charge in [-0.25, -0.2) is 4.98 Å². The van der Waals surface area contributed by atoms with Crippen LogP contribution in [0.3, 0.4) is 0 Å². The number of nitrogens with zero attached hydrogens (tertiary/aromatic N) is 3. The van der Waals surface area contributed by atoms with Crippen molar-refractivity contribution in [2.24, 2.45) is 0 Å². The van der Waals surface area contributed by atoms with Crippen molar-refractivity contribution in [1.29, 1.82) is 5.26 Å². The molecule has 162 valence electrons. The fraction of sp³-hybridized carbons (Fsp3) is 0.0833. The molecule has 2 aromatic carbocycles. The molecule has 3 aromatic heterocycles. The Balaban J connectivity index is 1.43. The molecule has 0 aliphatic rings. The molecule has 5 aromatic rings. The highest BCUT2D eigenvalue weighted by molar-refractivity contribution is 7.99. The molecule has 1 N–H and O–H groups in total. The molecule has 8 nitrogen and oxygen atoms in total. The van der Waals surface area contributed by atoms with Gasteiger partial charge < -0.3 is 14.2 Å². The molecule has 1 amide bonds. The molecule has 9 heteroatoms. The molecule has 33 heavy (non-hydrogen) atoms. The Labute approximate surface area is 191 Å². The van der Waals surface area contributed by atoms with Gasteiger partial charge >= 0.3 is 0 Å². The number of para-hydroxylation sites is 2. The van der Waals surface area contributed by atoms with Crippen molar-refractivity contribution in [3.63, 3.8) is 0 Å². The van der Waals surface area contributed by atoms with Crippen molar-refractivity contribution in [2.75, 3.05) is 11.1 Å². The number of nitrogens with one attached hydrogen (secondary N) is 1. The van der Waals surface area contributed by atoms with E-state index in [-0.39, 0.29) is 29.5 Å². The van der Waals surface area contributed by atoms with Crippen molar-refractivity contribution < 1.29 is 13.6 Å². The average molecular weight is 456 g/mol. The minimum absolute atomic E-state index is 0.0205. The third-order valence-corrected chi connectivity index (χ3v) is 5.99. The van der Waals surface area contributed by atoms with E-state index < -0.39 is 0 Å². The summed E-state index contributed by atoms with van der Waals surface area (Å²) in [6.45, 7) is 0.193. The van der Waals surface area contributed by atoms with Crippen LogP contribution in [0.15, 0.2) is 85.7 Å². The Hall–Kier alpha value is -4.29. The maximum Gasteiger partial charge on any atom is 0.262 e. The highest BCUT2D eigenvalue weighted by atomic mass is 32.2. The normalized spacial score (nSPS) is 11.0. The molecule has 0 atom stereocenters. The third-order valence-electron chi connectivity index (χ3n) is 5.01. The van der Waals surface area contributed by atoms with Crippen molar-refractivity contribution >= 4 is 45.2 Å². The van der Waals surface area contributed by atoms with Crippen LogP contribution in [-0.2, 0) is 11.3 Å². The second-order valence-electron chi connectivity index (χ2n) is 7.13. The quantitative estimate of drug-likeness (QED) is 0.298. The van der Waals surface area contributed by atoms with Gasteiger partial charge in [-0.1, -0.05) is 36.0 Å². The molecule has 0 fully saturated rings. The Morgan fingerprint density at radius 2 is 1.88 bits per heavy atom. The zero-order valence-corrected chi connectivity index (χ0v) is 18.0. The van der Waals surface area contributed by atoms with E-state index in [1.807, 2.05) is 6.07 Å². The van der Waals surface area contributed by atoms with Gasteiger partial charge in [0.05, 0.1) is 29.5 Å². The van der Waals surface area contributed by atoms with Crippen molar-refractivity contribution in [1.82, 2.24) is 9.55 Å². The Kier molecular flexibility index (Phi) is 5.42. The molecule has 0 radical (unpaired) electrons. The molecular formula is C24H16N4O4S. The maximum atomic E-state index is 13.1. The number of rotatable bonds is 6. The maximum absolute atomic E-state index is 13.1. The molecule has 0 aliphatic carbocycles. The number of aromatic nitrogens is 2. The first-order chi connectivity index (χ1) is 16.1. The second kappa shape index (κ2) is 8.68.